The van der Waals surface area contributed by atoms with Crippen molar-refractivity contribution in [3.05, 3.63) is 34.6 Å². The van der Waals surface area contributed by atoms with Gasteiger partial charge in [0.15, 0.2) is 0 Å². The molecule has 1 aromatic heterocycles. The Hall–Kier alpha value is -1.16. The quantitative estimate of drug-likeness (QED) is 0.787. The maximum absolute atomic E-state index is 10.1. The van der Waals surface area contributed by atoms with Crippen molar-refractivity contribution < 1.29 is 9.90 Å². The smallest absolute Gasteiger partial charge is 0.328 e. The van der Waals surface area contributed by atoms with E-state index in [9.17, 15) is 4.79 Å². The van der Waals surface area contributed by atoms with Gasteiger partial charge in [-0.05, 0) is 33.6 Å². The summed E-state index contributed by atoms with van der Waals surface area (Å²) in [6, 6.07) is 1.78. The molecule has 0 bridgehead atoms. The number of hydrogen-bond donors (Lipinski definition) is 1. The maximum atomic E-state index is 10.1. The van der Waals surface area contributed by atoms with E-state index < -0.39 is 5.97 Å². The molecule has 0 spiro atoms. The van der Waals surface area contributed by atoms with Crippen molar-refractivity contribution in [3.63, 3.8) is 0 Å². The van der Waals surface area contributed by atoms with Crippen LogP contribution in [0.5, 0.6) is 0 Å². The number of halogens is 1. The van der Waals surface area contributed by atoms with Gasteiger partial charge in [-0.2, -0.15) is 0 Å². The molecule has 4 heteroatoms. The van der Waals surface area contributed by atoms with E-state index in [0.717, 1.165) is 16.1 Å². The average molecular weight is 228 g/mol. The van der Waals surface area contributed by atoms with Gasteiger partial charge in [0, 0.05) is 22.9 Å². The molecule has 0 radical (unpaired) electrons. The van der Waals surface area contributed by atoms with Gasteiger partial charge >= 0.3 is 5.97 Å². The van der Waals surface area contributed by atoms with Crippen molar-refractivity contribution >= 4 is 28.0 Å². The second-order valence-corrected chi connectivity index (χ2v) is 3.02. The zero-order valence-corrected chi connectivity index (χ0v) is 7.65. The number of hydrogen-bond acceptors (Lipinski definition) is 2. The van der Waals surface area contributed by atoms with Crippen LogP contribution in [0.1, 0.15) is 5.56 Å². The summed E-state index contributed by atoms with van der Waals surface area (Å²) in [5.74, 6) is -0.963. The standard InChI is InChI=1S/C8H6BrNO2/c9-7-3-6(4-10-5-7)1-2-8(11)12/h1-5H,(H,11,12)/b2-1+. The van der Waals surface area contributed by atoms with Gasteiger partial charge in [0.05, 0.1) is 0 Å². The fourth-order valence-electron chi connectivity index (χ4n) is 0.687. The number of aromatic nitrogens is 1. The lowest BCUT2D eigenvalue weighted by Crippen LogP contribution is -1.85. The lowest BCUT2D eigenvalue weighted by molar-refractivity contribution is -0.131. The molecule has 0 aliphatic carbocycles. The Morgan fingerprint density at radius 1 is 1.58 bits per heavy atom. The average Bonchev–Trinajstić information content (AvgIpc) is 2.01. The molecular weight excluding hydrogens is 222 g/mol. The van der Waals surface area contributed by atoms with Gasteiger partial charge < -0.3 is 5.11 Å². The molecule has 1 heterocycles. The van der Waals surface area contributed by atoms with Gasteiger partial charge in [0.25, 0.3) is 0 Å². The molecule has 12 heavy (non-hydrogen) atoms. The van der Waals surface area contributed by atoms with Crippen molar-refractivity contribution in [1.29, 1.82) is 0 Å². The lowest BCUT2D eigenvalue weighted by Gasteiger charge is -1.91. The van der Waals surface area contributed by atoms with Crippen molar-refractivity contribution in [2.75, 3.05) is 0 Å². The highest BCUT2D eigenvalue weighted by molar-refractivity contribution is 9.10. The minimum Gasteiger partial charge on any atom is -0.478 e. The Balaban J connectivity index is 2.83. The highest BCUT2D eigenvalue weighted by Crippen LogP contribution is 2.10. The van der Waals surface area contributed by atoms with Gasteiger partial charge in [0.2, 0.25) is 0 Å². The summed E-state index contributed by atoms with van der Waals surface area (Å²) >= 11 is 3.23. The maximum Gasteiger partial charge on any atom is 0.328 e. The third kappa shape index (κ3) is 2.84. The number of nitrogens with zero attached hydrogens (tertiary/aromatic N) is 1. The zero-order valence-electron chi connectivity index (χ0n) is 6.07. The first-order valence-corrected chi connectivity index (χ1v) is 3.99. The second kappa shape index (κ2) is 4.01. The van der Waals surface area contributed by atoms with Crippen LogP contribution in [0.4, 0.5) is 0 Å². The fourth-order valence-corrected chi connectivity index (χ4v) is 1.07. The topological polar surface area (TPSA) is 50.2 Å². The van der Waals surface area contributed by atoms with Crippen LogP contribution < -0.4 is 0 Å². The van der Waals surface area contributed by atoms with Crippen LogP contribution in [-0.4, -0.2) is 16.1 Å². The summed E-state index contributed by atoms with van der Waals surface area (Å²) in [6.45, 7) is 0. The first-order valence-electron chi connectivity index (χ1n) is 3.20. The summed E-state index contributed by atoms with van der Waals surface area (Å²) in [7, 11) is 0. The van der Waals surface area contributed by atoms with Gasteiger partial charge in [0.1, 0.15) is 0 Å². The van der Waals surface area contributed by atoms with Crippen LogP contribution in [0.25, 0.3) is 6.08 Å². The van der Waals surface area contributed by atoms with E-state index in [0.29, 0.717) is 0 Å². The Labute approximate surface area is 77.9 Å². The van der Waals surface area contributed by atoms with Crippen molar-refractivity contribution in [1.82, 2.24) is 4.98 Å². The number of carboxylic acids is 1. The molecule has 3 nitrogen and oxygen atoms in total. The van der Waals surface area contributed by atoms with E-state index in [-0.39, 0.29) is 0 Å². The SMILES string of the molecule is O=C(O)/C=C/c1cncc(Br)c1. The summed E-state index contributed by atoms with van der Waals surface area (Å²) in [5.41, 5.74) is 0.756. The monoisotopic (exact) mass is 227 g/mol. The number of carboxylic acid groups (broad SMARTS) is 1. The normalized spacial score (nSPS) is 10.4. The van der Waals surface area contributed by atoms with E-state index in [1.807, 2.05) is 0 Å². The summed E-state index contributed by atoms with van der Waals surface area (Å²) in [6.07, 6.45) is 5.78. The number of rotatable bonds is 2. The molecule has 0 aliphatic heterocycles. The lowest BCUT2D eigenvalue weighted by atomic mass is 10.2. The highest BCUT2D eigenvalue weighted by atomic mass is 79.9. The molecule has 0 aromatic carbocycles. The van der Waals surface area contributed by atoms with Crippen LogP contribution in [0.2, 0.25) is 0 Å². The third-order valence-corrected chi connectivity index (χ3v) is 1.58. The van der Waals surface area contributed by atoms with Crippen molar-refractivity contribution in [3.8, 4) is 0 Å². The van der Waals surface area contributed by atoms with Crippen LogP contribution in [0.3, 0.4) is 0 Å². The molecule has 1 rings (SSSR count). The van der Waals surface area contributed by atoms with E-state index >= 15 is 0 Å². The first kappa shape index (κ1) is 8.93. The summed E-state index contributed by atoms with van der Waals surface area (Å²) in [5, 5.41) is 8.33. The predicted molar refractivity (Wildman–Crippen MR) is 48.6 cm³/mol. The Bertz CT molecular complexity index is 323. The molecule has 0 aliphatic rings. The van der Waals surface area contributed by atoms with Crippen LogP contribution in [-0.2, 0) is 4.79 Å². The minimum atomic E-state index is -0.963. The Morgan fingerprint density at radius 3 is 2.92 bits per heavy atom. The van der Waals surface area contributed by atoms with Gasteiger partial charge in [-0.25, -0.2) is 4.79 Å². The second-order valence-electron chi connectivity index (χ2n) is 2.11. The Kier molecular flexibility index (Phi) is 2.99. The summed E-state index contributed by atoms with van der Waals surface area (Å²) < 4.78 is 0.829. The van der Waals surface area contributed by atoms with Crippen LogP contribution in [0, 0.1) is 0 Å². The summed E-state index contributed by atoms with van der Waals surface area (Å²) in [4.78, 5) is 14.0. The number of aliphatic carboxylic acids is 1. The largest absolute Gasteiger partial charge is 0.478 e. The Morgan fingerprint density at radius 2 is 2.33 bits per heavy atom. The van der Waals surface area contributed by atoms with Crippen LogP contribution in [0.15, 0.2) is 29.0 Å². The molecule has 0 amide bonds. The molecular formula is C8H6BrNO2. The molecule has 1 aromatic rings. The van der Waals surface area contributed by atoms with E-state index in [2.05, 4.69) is 20.9 Å². The fraction of sp³-hybridized carbons (Fsp3) is 0. The molecule has 1 N–H and O–H groups in total. The highest BCUT2D eigenvalue weighted by Gasteiger charge is 1.90. The molecule has 0 atom stereocenters. The number of pyridine rings is 1. The minimum absolute atomic E-state index is 0.756. The molecule has 0 unspecified atom stereocenters. The predicted octanol–water partition coefficient (Wildman–Crippen LogP) is 1.94. The van der Waals surface area contributed by atoms with Gasteiger partial charge in [-0.3, -0.25) is 4.98 Å². The van der Waals surface area contributed by atoms with E-state index in [4.69, 9.17) is 5.11 Å². The molecule has 0 saturated carbocycles. The van der Waals surface area contributed by atoms with Crippen LogP contribution >= 0.6 is 15.9 Å². The molecule has 0 saturated heterocycles. The molecule has 0 fully saturated rings. The molecule has 62 valence electrons. The van der Waals surface area contributed by atoms with Gasteiger partial charge in [-0.1, -0.05) is 0 Å². The third-order valence-electron chi connectivity index (χ3n) is 1.14. The zero-order chi connectivity index (χ0) is 8.97. The van der Waals surface area contributed by atoms with Crippen molar-refractivity contribution in [2.24, 2.45) is 0 Å². The van der Waals surface area contributed by atoms with E-state index in [1.54, 1.807) is 18.5 Å². The van der Waals surface area contributed by atoms with Gasteiger partial charge in [-0.15, -0.1) is 0 Å². The first-order chi connectivity index (χ1) is 5.68. The van der Waals surface area contributed by atoms with E-state index in [1.165, 1.54) is 6.08 Å². The van der Waals surface area contributed by atoms with Crippen molar-refractivity contribution in [2.45, 2.75) is 0 Å². The number of carbonyl (C=O) groups is 1.